The SMILES string of the molecule is CN(CC(=O)Nc1c(-c2ccccc2)nc2sccn12)C(=O)c1ccccc1. The molecule has 2 amide bonds. The molecule has 2 aromatic heterocycles. The second-order valence-corrected chi connectivity index (χ2v) is 7.18. The topological polar surface area (TPSA) is 66.7 Å². The minimum absolute atomic E-state index is 0.0562. The first kappa shape index (κ1) is 17.9. The summed E-state index contributed by atoms with van der Waals surface area (Å²) in [5.41, 5.74) is 2.17. The zero-order valence-electron chi connectivity index (χ0n) is 15.2. The number of rotatable bonds is 5. The molecule has 0 aliphatic heterocycles. The van der Waals surface area contributed by atoms with Gasteiger partial charge in [0.15, 0.2) is 4.96 Å². The number of hydrogen-bond donors (Lipinski definition) is 1. The van der Waals surface area contributed by atoms with Crippen molar-refractivity contribution in [3.05, 3.63) is 77.8 Å². The van der Waals surface area contributed by atoms with Gasteiger partial charge in [-0.15, -0.1) is 11.3 Å². The summed E-state index contributed by atoms with van der Waals surface area (Å²) in [5.74, 6) is 0.123. The number of likely N-dealkylation sites (N-methyl/N-ethyl adjacent to an activating group) is 1. The Balaban J connectivity index is 1.55. The third-order valence-electron chi connectivity index (χ3n) is 4.32. The van der Waals surface area contributed by atoms with Crippen molar-refractivity contribution < 1.29 is 9.59 Å². The van der Waals surface area contributed by atoms with Crippen LogP contribution in [0.5, 0.6) is 0 Å². The second-order valence-electron chi connectivity index (χ2n) is 6.31. The van der Waals surface area contributed by atoms with Crippen LogP contribution < -0.4 is 5.32 Å². The maximum atomic E-state index is 12.7. The van der Waals surface area contributed by atoms with E-state index in [2.05, 4.69) is 10.3 Å². The zero-order chi connectivity index (χ0) is 19.5. The van der Waals surface area contributed by atoms with Crippen LogP contribution in [0, 0.1) is 0 Å². The van der Waals surface area contributed by atoms with Gasteiger partial charge in [-0.2, -0.15) is 0 Å². The highest BCUT2D eigenvalue weighted by Crippen LogP contribution is 2.30. The monoisotopic (exact) mass is 390 g/mol. The van der Waals surface area contributed by atoms with Crippen LogP contribution >= 0.6 is 11.3 Å². The molecular weight excluding hydrogens is 372 g/mol. The van der Waals surface area contributed by atoms with Crippen LogP contribution in [0.3, 0.4) is 0 Å². The van der Waals surface area contributed by atoms with Gasteiger partial charge in [0.05, 0.1) is 6.54 Å². The predicted molar refractivity (Wildman–Crippen MR) is 111 cm³/mol. The largest absolute Gasteiger partial charge is 0.332 e. The van der Waals surface area contributed by atoms with Crippen LogP contribution in [-0.2, 0) is 4.79 Å². The van der Waals surface area contributed by atoms with Gasteiger partial charge in [0.1, 0.15) is 11.5 Å². The van der Waals surface area contributed by atoms with Gasteiger partial charge < -0.3 is 10.2 Å². The maximum Gasteiger partial charge on any atom is 0.254 e. The zero-order valence-corrected chi connectivity index (χ0v) is 16.0. The quantitative estimate of drug-likeness (QED) is 0.564. The highest BCUT2D eigenvalue weighted by molar-refractivity contribution is 7.15. The fraction of sp³-hybridized carbons (Fsp3) is 0.0952. The van der Waals surface area contributed by atoms with E-state index in [1.54, 1.807) is 31.3 Å². The average molecular weight is 390 g/mol. The molecule has 4 aromatic rings. The van der Waals surface area contributed by atoms with Crippen LogP contribution in [-0.4, -0.2) is 39.7 Å². The van der Waals surface area contributed by atoms with Crippen molar-refractivity contribution in [3.8, 4) is 11.3 Å². The van der Waals surface area contributed by atoms with Gasteiger partial charge >= 0.3 is 0 Å². The van der Waals surface area contributed by atoms with Gasteiger partial charge in [0.2, 0.25) is 5.91 Å². The minimum atomic E-state index is -0.281. The molecule has 2 aromatic carbocycles. The van der Waals surface area contributed by atoms with Crippen LogP contribution in [0.25, 0.3) is 16.2 Å². The van der Waals surface area contributed by atoms with E-state index in [1.807, 2.05) is 52.4 Å². The van der Waals surface area contributed by atoms with Crippen LogP contribution in [0.1, 0.15) is 10.4 Å². The predicted octanol–water partition coefficient (Wildman–Crippen LogP) is 3.77. The molecule has 0 spiro atoms. The molecule has 0 fully saturated rings. The molecule has 1 N–H and O–H groups in total. The molecular formula is C21H18N4O2S. The number of anilines is 1. The lowest BCUT2D eigenvalue weighted by Crippen LogP contribution is -2.35. The average Bonchev–Trinajstić information content (AvgIpc) is 3.31. The first-order chi connectivity index (χ1) is 13.6. The first-order valence-electron chi connectivity index (χ1n) is 8.75. The normalized spacial score (nSPS) is 10.8. The number of thiazole rings is 1. The third kappa shape index (κ3) is 3.52. The highest BCUT2D eigenvalue weighted by atomic mass is 32.1. The van der Waals surface area contributed by atoms with Crippen molar-refractivity contribution in [2.24, 2.45) is 0 Å². The summed E-state index contributed by atoms with van der Waals surface area (Å²) in [6, 6.07) is 18.6. The van der Waals surface area contributed by atoms with E-state index in [1.165, 1.54) is 16.2 Å². The van der Waals surface area contributed by atoms with Gasteiger partial charge in [0, 0.05) is 29.8 Å². The lowest BCUT2D eigenvalue weighted by Gasteiger charge is -2.17. The molecule has 2 heterocycles. The van der Waals surface area contributed by atoms with E-state index >= 15 is 0 Å². The summed E-state index contributed by atoms with van der Waals surface area (Å²) < 4.78 is 1.85. The molecule has 0 bridgehead atoms. The number of carbonyl (C=O) groups excluding carboxylic acids is 2. The van der Waals surface area contributed by atoms with E-state index in [0.29, 0.717) is 17.1 Å². The van der Waals surface area contributed by atoms with Gasteiger partial charge in [-0.3, -0.25) is 14.0 Å². The third-order valence-corrected chi connectivity index (χ3v) is 5.07. The van der Waals surface area contributed by atoms with Gasteiger partial charge in [-0.25, -0.2) is 4.98 Å². The molecule has 0 aliphatic rings. The van der Waals surface area contributed by atoms with E-state index in [4.69, 9.17) is 0 Å². The Hall–Kier alpha value is -3.45. The molecule has 6 nitrogen and oxygen atoms in total. The van der Waals surface area contributed by atoms with Gasteiger partial charge in [-0.05, 0) is 12.1 Å². The van der Waals surface area contributed by atoms with Crippen molar-refractivity contribution >= 4 is 33.9 Å². The van der Waals surface area contributed by atoms with Crippen molar-refractivity contribution in [2.45, 2.75) is 0 Å². The van der Waals surface area contributed by atoms with E-state index in [-0.39, 0.29) is 18.4 Å². The summed E-state index contributed by atoms with van der Waals surface area (Å²) in [4.78, 5) is 32.0. The van der Waals surface area contributed by atoms with Crippen LogP contribution in [0.2, 0.25) is 0 Å². The summed E-state index contributed by atoms with van der Waals surface area (Å²) >= 11 is 1.50. The van der Waals surface area contributed by atoms with Crippen molar-refractivity contribution in [1.29, 1.82) is 0 Å². The number of imidazole rings is 1. The Morgan fingerprint density at radius 1 is 1.07 bits per heavy atom. The number of nitrogens with one attached hydrogen (secondary N) is 1. The summed E-state index contributed by atoms with van der Waals surface area (Å²) in [6.07, 6.45) is 1.87. The number of fused-ring (bicyclic) bond motifs is 1. The Labute approximate surface area is 166 Å². The second kappa shape index (κ2) is 7.66. The number of aromatic nitrogens is 2. The number of amides is 2. The lowest BCUT2D eigenvalue weighted by molar-refractivity contribution is -0.116. The Kier molecular flexibility index (Phi) is 4.90. The highest BCUT2D eigenvalue weighted by Gasteiger charge is 2.19. The molecule has 28 heavy (non-hydrogen) atoms. The van der Waals surface area contributed by atoms with Gasteiger partial charge in [-0.1, -0.05) is 48.5 Å². The van der Waals surface area contributed by atoms with Crippen molar-refractivity contribution in [3.63, 3.8) is 0 Å². The molecule has 0 aliphatic carbocycles. The molecule has 0 saturated heterocycles. The summed E-state index contributed by atoms with van der Waals surface area (Å²) in [5, 5.41) is 4.84. The van der Waals surface area contributed by atoms with Gasteiger partial charge in [0.25, 0.3) is 5.91 Å². The fourth-order valence-corrected chi connectivity index (χ4v) is 3.68. The summed E-state index contributed by atoms with van der Waals surface area (Å²) in [6.45, 7) is -0.0562. The Morgan fingerprint density at radius 2 is 1.75 bits per heavy atom. The maximum absolute atomic E-state index is 12.7. The Bertz CT molecular complexity index is 1120. The molecule has 0 atom stereocenters. The number of hydrogen-bond acceptors (Lipinski definition) is 4. The first-order valence-corrected chi connectivity index (χ1v) is 9.63. The summed E-state index contributed by atoms with van der Waals surface area (Å²) in [7, 11) is 1.61. The fourth-order valence-electron chi connectivity index (χ4n) is 2.96. The number of benzene rings is 2. The Morgan fingerprint density at radius 3 is 2.46 bits per heavy atom. The lowest BCUT2D eigenvalue weighted by atomic mass is 10.1. The number of carbonyl (C=O) groups is 2. The van der Waals surface area contributed by atoms with E-state index < -0.39 is 0 Å². The number of nitrogens with zero attached hydrogens (tertiary/aromatic N) is 3. The molecule has 140 valence electrons. The van der Waals surface area contributed by atoms with Crippen molar-refractivity contribution in [1.82, 2.24) is 14.3 Å². The van der Waals surface area contributed by atoms with Crippen LogP contribution in [0.15, 0.2) is 72.2 Å². The molecule has 0 radical (unpaired) electrons. The van der Waals surface area contributed by atoms with E-state index in [9.17, 15) is 9.59 Å². The van der Waals surface area contributed by atoms with E-state index in [0.717, 1.165) is 10.5 Å². The van der Waals surface area contributed by atoms with Crippen molar-refractivity contribution in [2.75, 3.05) is 18.9 Å². The molecule has 0 unspecified atom stereocenters. The minimum Gasteiger partial charge on any atom is -0.332 e. The molecule has 7 heteroatoms. The molecule has 0 saturated carbocycles. The standard InChI is InChI=1S/C21H18N4O2S/c1-24(20(27)16-10-6-3-7-11-16)14-17(26)22-19-18(15-8-4-2-5-9-15)23-21-25(19)12-13-28-21/h2-13H,14H2,1H3,(H,22,26). The smallest absolute Gasteiger partial charge is 0.254 e. The van der Waals surface area contributed by atoms with Crippen LogP contribution in [0.4, 0.5) is 5.82 Å². The molecule has 4 rings (SSSR count).